The molecule has 0 radical (unpaired) electrons. The summed E-state index contributed by atoms with van der Waals surface area (Å²) >= 11 is 0. The summed E-state index contributed by atoms with van der Waals surface area (Å²) in [6, 6.07) is 3.34. The van der Waals surface area contributed by atoms with Crippen molar-refractivity contribution in [1.29, 1.82) is 0 Å². The van der Waals surface area contributed by atoms with Gasteiger partial charge in [0.2, 0.25) is 0 Å². The van der Waals surface area contributed by atoms with Crippen LogP contribution in [0.5, 0.6) is 5.75 Å². The molecule has 1 aromatic carbocycles. The highest BCUT2D eigenvalue weighted by molar-refractivity contribution is 5.87. The minimum Gasteiger partial charge on any atom is -0.506 e. The Kier molecular flexibility index (Phi) is 5.27. The van der Waals surface area contributed by atoms with Crippen LogP contribution in [0.3, 0.4) is 0 Å². The highest BCUT2D eigenvalue weighted by atomic mass is 16.6. The molecule has 1 amide bonds. The number of benzene rings is 1. The van der Waals surface area contributed by atoms with E-state index in [0.717, 1.165) is 0 Å². The van der Waals surface area contributed by atoms with E-state index in [4.69, 9.17) is 15.6 Å². The molecule has 0 spiro atoms. The number of carboxylic acid groups (broad SMARTS) is 1. The van der Waals surface area contributed by atoms with E-state index in [1.54, 1.807) is 40.7 Å². The van der Waals surface area contributed by atoms with Crippen molar-refractivity contribution in [2.75, 3.05) is 5.32 Å². The second-order valence-electron chi connectivity index (χ2n) is 6.90. The van der Waals surface area contributed by atoms with Crippen LogP contribution < -0.4 is 11.1 Å². The summed E-state index contributed by atoms with van der Waals surface area (Å²) in [5, 5.41) is 21.6. The predicted octanol–water partition coefficient (Wildman–Crippen LogP) is 2.43. The molecule has 0 fully saturated rings. The van der Waals surface area contributed by atoms with E-state index >= 15 is 0 Å². The second-order valence-corrected chi connectivity index (χ2v) is 6.90. The van der Waals surface area contributed by atoms with Crippen molar-refractivity contribution in [3.8, 4) is 5.75 Å². The van der Waals surface area contributed by atoms with Crippen molar-refractivity contribution >= 4 is 17.7 Å². The zero-order valence-corrected chi connectivity index (χ0v) is 14.0. The first-order valence-corrected chi connectivity index (χ1v) is 7.16. The van der Waals surface area contributed by atoms with Gasteiger partial charge in [-0.2, -0.15) is 0 Å². The van der Waals surface area contributed by atoms with E-state index in [1.807, 2.05) is 0 Å². The molecule has 7 nitrogen and oxygen atoms in total. The molecular formula is C16H24N2O5. The maximum Gasteiger partial charge on any atom is 0.412 e. The number of carboxylic acids is 1. The van der Waals surface area contributed by atoms with Crippen LogP contribution in [0.25, 0.3) is 0 Å². The van der Waals surface area contributed by atoms with Crippen LogP contribution in [-0.4, -0.2) is 33.9 Å². The third kappa shape index (κ3) is 4.85. The number of phenolic OH excluding ortho intramolecular Hbond substituents is 1. The number of anilines is 1. The molecule has 0 aliphatic heterocycles. The molecular weight excluding hydrogens is 300 g/mol. The first kappa shape index (κ1) is 18.8. The molecule has 0 heterocycles. The smallest absolute Gasteiger partial charge is 0.412 e. The van der Waals surface area contributed by atoms with E-state index in [2.05, 4.69) is 5.32 Å². The number of aliphatic carboxylic acids is 1. The second kappa shape index (κ2) is 6.45. The van der Waals surface area contributed by atoms with Crippen molar-refractivity contribution in [1.82, 2.24) is 0 Å². The zero-order valence-electron chi connectivity index (χ0n) is 14.0. The summed E-state index contributed by atoms with van der Waals surface area (Å²) in [6.45, 7) is 8.52. The molecule has 0 aromatic heterocycles. The largest absolute Gasteiger partial charge is 0.506 e. The molecule has 7 heteroatoms. The number of aromatic hydroxyl groups is 1. The molecule has 0 aliphatic carbocycles. The highest BCUT2D eigenvalue weighted by Crippen LogP contribution is 2.33. The van der Waals surface area contributed by atoms with Crippen molar-refractivity contribution in [3.63, 3.8) is 0 Å². The van der Waals surface area contributed by atoms with Gasteiger partial charge < -0.3 is 20.7 Å². The van der Waals surface area contributed by atoms with E-state index in [0.29, 0.717) is 5.56 Å². The maximum atomic E-state index is 11.7. The fourth-order valence-corrected chi connectivity index (χ4v) is 1.94. The number of ether oxygens (including phenoxy) is 1. The van der Waals surface area contributed by atoms with Gasteiger partial charge in [0.25, 0.3) is 0 Å². The van der Waals surface area contributed by atoms with Gasteiger partial charge in [-0.1, -0.05) is 19.9 Å². The van der Waals surface area contributed by atoms with Gasteiger partial charge in [0, 0.05) is 5.41 Å². The SMILES string of the molecule is CC(C)(C)OC(=O)Nc1ccc(C(C)(C)C(N)C(=O)O)cc1O. The third-order valence-corrected chi connectivity index (χ3v) is 3.42. The van der Waals surface area contributed by atoms with E-state index in [-0.39, 0.29) is 11.4 Å². The fraction of sp³-hybridized carbons (Fsp3) is 0.500. The molecule has 5 N–H and O–H groups in total. The lowest BCUT2D eigenvalue weighted by atomic mass is 9.78. The molecule has 128 valence electrons. The number of nitrogens with two attached hydrogens (primary N) is 1. The number of hydrogen-bond acceptors (Lipinski definition) is 5. The van der Waals surface area contributed by atoms with Crippen molar-refractivity contribution in [2.24, 2.45) is 5.73 Å². The van der Waals surface area contributed by atoms with E-state index in [9.17, 15) is 14.7 Å². The Morgan fingerprint density at radius 2 is 1.78 bits per heavy atom. The van der Waals surface area contributed by atoms with Crippen molar-refractivity contribution in [3.05, 3.63) is 23.8 Å². The number of nitrogens with one attached hydrogen (secondary N) is 1. The Bertz CT molecular complexity index is 605. The molecule has 1 aromatic rings. The van der Waals surface area contributed by atoms with Crippen molar-refractivity contribution in [2.45, 2.75) is 51.7 Å². The van der Waals surface area contributed by atoms with Crippen LogP contribution in [-0.2, 0) is 14.9 Å². The number of carbonyl (C=O) groups is 2. The molecule has 1 unspecified atom stereocenters. The van der Waals surface area contributed by atoms with Crippen molar-refractivity contribution < 1.29 is 24.5 Å². The first-order valence-electron chi connectivity index (χ1n) is 7.16. The lowest BCUT2D eigenvalue weighted by Crippen LogP contribution is -2.46. The summed E-state index contributed by atoms with van der Waals surface area (Å²) < 4.78 is 5.10. The normalized spacial score (nSPS) is 13.3. The summed E-state index contributed by atoms with van der Waals surface area (Å²) in [5.41, 5.74) is 4.85. The van der Waals surface area contributed by atoms with Gasteiger partial charge in [0.1, 0.15) is 17.4 Å². The Hall–Kier alpha value is -2.28. The minimum atomic E-state index is -1.13. The van der Waals surface area contributed by atoms with Gasteiger partial charge in [-0.3, -0.25) is 10.1 Å². The number of rotatable bonds is 4. The topological polar surface area (TPSA) is 122 Å². The predicted molar refractivity (Wildman–Crippen MR) is 86.6 cm³/mol. The quantitative estimate of drug-likeness (QED) is 0.631. The monoisotopic (exact) mass is 324 g/mol. The first-order chi connectivity index (χ1) is 10.3. The van der Waals surface area contributed by atoms with Crippen LogP contribution >= 0.6 is 0 Å². The van der Waals surface area contributed by atoms with Crippen LogP contribution in [0, 0.1) is 0 Å². The Morgan fingerprint density at radius 3 is 2.22 bits per heavy atom. The van der Waals surface area contributed by atoms with Gasteiger partial charge in [0.15, 0.2) is 0 Å². The summed E-state index contributed by atoms with van der Waals surface area (Å²) in [5.74, 6) is -1.33. The Labute approximate surface area is 135 Å². The number of phenols is 1. The minimum absolute atomic E-state index is 0.169. The average Bonchev–Trinajstić information content (AvgIpc) is 2.37. The molecule has 1 atom stereocenters. The van der Waals surface area contributed by atoms with Crippen LogP contribution in [0.2, 0.25) is 0 Å². The van der Waals surface area contributed by atoms with Crippen LogP contribution in [0.4, 0.5) is 10.5 Å². The summed E-state index contributed by atoms with van der Waals surface area (Å²) in [6.07, 6.45) is -0.693. The van der Waals surface area contributed by atoms with Gasteiger partial charge in [-0.15, -0.1) is 0 Å². The van der Waals surface area contributed by atoms with Crippen LogP contribution in [0.1, 0.15) is 40.2 Å². The number of carbonyl (C=O) groups excluding carboxylic acids is 1. The fourth-order valence-electron chi connectivity index (χ4n) is 1.94. The third-order valence-electron chi connectivity index (χ3n) is 3.42. The lowest BCUT2D eigenvalue weighted by Gasteiger charge is -2.29. The molecule has 0 saturated heterocycles. The average molecular weight is 324 g/mol. The van der Waals surface area contributed by atoms with Gasteiger partial charge in [-0.25, -0.2) is 4.79 Å². The van der Waals surface area contributed by atoms with Gasteiger partial charge >= 0.3 is 12.1 Å². The highest BCUT2D eigenvalue weighted by Gasteiger charge is 2.34. The lowest BCUT2D eigenvalue weighted by molar-refractivity contribution is -0.140. The zero-order chi connectivity index (χ0) is 18.0. The molecule has 0 aliphatic rings. The standard InChI is InChI=1S/C16H24N2O5/c1-15(2,3)23-14(22)18-10-7-6-9(8-11(10)19)16(4,5)12(17)13(20)21/h6-8,12,19H,17H2,1-5H3,(H,18,22)(H,20,21). The molecule has 23 heavy (non-hydrogen) atoms. The Balaban J connectivity index is 2.99. The van der Waals surface area contributed by atoms with Gasteiger partial charge in [-0.05, 0) is 38.5 Å². The number of hydrogen-bond donors (Lipinski definition) is 4. The van der Waals surface area contributed by atoms with Gasteiger partial charge in [0.05, 0.1) is 5.69 Å². The number of amides is 1. The van der Waals surface area contributed by atoms with E-state index in [1.165, 1.54) is 12.1 Å². The van der Waals surface area contributed by atoms with Crippen LogP contribution in [0.15, 0.2) is 18.2 Å². The molecule has 1 rings (SSSR count). The Morgan fingerprint density at radius 1 is 1.22 bits per heavy atom. The van der Waals surface area contributed by atoms with E-state index < -0.39 is 29.1 Å². The molecule has 0 bridgehead atoms. The summed E-state index contributed by atoms with van der Waals surface area (Å²) in [4.78, 5) is 22.8. The summed E-state index contributed by atoms with van der Waals surface area (Å²) in [7, 11) is 0. The maximum absolute atomic E-state index is 11.7. The molecule has 0 saturated carbocycles.